The molecule has 1 N–H and O–H groups in total. The van der Waals surface area contributed by atoms with Gasteiger partial charge in [0.1, 0.15) is 12.7 Å². The molecule has 2 rings (SSSR count). The van der Waals surface area contributed by atoms with Gasteiger partial charge < -0.3 is 5.32 Å². The van der Waals surface area contributed by atoms with Crippen molar-refractivity contribution >= 4 is 0 Å². The lowest BCUT2D eigenvalue weighted by Crippen LogP contribution is -2.11. The third-order valence-electron chi connectivity index (χ3n) is 2.40. The molecule has 1 saturated heterocycles. The molecular weight excluding hydrogens is 152 g/mol. The van der Waals surface area contributed by atoms with Gasteiger partial charge >= 0.3 is 0 Å². The summed E-state index contributed by atoms with van der Waals surface area (Å²) in [7, 11) is 0. The van der Waals surface area contributed by atoms with Crippen LogP contribution in [0.2, 0.25) is 0 Å². The summed E-state index contributed by atoms with van der Waals surface area (Å²) in [5.41, 5.74) is 0. The molecule has 0 radical (unpaired) electrons. The second-order valence-corrected chi connectivity index (χ2v) is 3.31. The van der Waals surface area contributed by atoms with Crippen molar-refractivity contribution in [2.75, 3.05) is 13.1 Å². The van der Waals surface area contributed by atoms with E-state index in [-0.39, 0.29) is 0 Å². The molecule has 1 aliphatic rings. The minimum Gasteiger partial charge on any atom is -0.316 e. The van der Waals surface area contributed by atoms with E-state index in [1.807, 2.05) is 4.68 Å². The topological polar surface area (TPSA) is 42.7 Å². The summed E-state index contributed by atoms with van der Waals surface area (Å²) in [6.45, 7) is 3.36. The van der Waals surface area contributed by atoms with E-state index in [4.69, 9.17) is 0 Å². The Kier molecular flexibility index (Phi) is 2.36. The van der Waals surface area contributed by atoms with Crippen LogP contribution in [0.5, 0.6) is 0 Å². The zero-order valence-electron chi connectivity index (χ0n) is 7.11. The monoisotopic (exact) mass is 166 g/mol. The lowest BCUT2D eigenvalue weighted by atomic mass is 10.1. The molecule has 1 aliphatic heterocycles. The summed E-state index contributed by atoms with van der Waals surface area (Å²) >= 11 is 0. The summed E-state index contributed by atoms with van der Waals surface area (Å²) in [5.74, 6) is 0.842. The van der Waals surface area contributed by atoms with E-state index in [1.54, 1.807) is 12.7 Å². The molecule has 12 heavy (non-hydrogen) atoms. The number of aromatic nitrogens is 3. The summed E-state index contributed by atoms with van der Waals surface area (Å²) in [5, 5.41) is 7.42. The van der Waals surface area contributed by atoms with E-state index >= 15 is 0 Å². The fourth-order valence-corrected chi connectivity index (χ4v) is 1.62. The highest BCUT2D eigenvalue weighted by Gasteiger charge is 2.13. The molecule has 1 atom stereocenters. The summed E-state index contributed by atoms with van der Waals surface area (Å²) in [6.07, 6.45) is 5.90. The molecule has 66 valence electrons. The Morgan fingerprint density at radius 1 is 1.58 bits per heavy atom. The second kappa shape index (κ2) is 3.67. The molecule has 0 spiro atoms. The van der Waals surface area contributed by atoms with Gasteiger partial charge in [0.15, 0.2) is 0 Å². The molecule has 0 amide bonds. The van der Waals surface area contributed by atoms with Gasteiger partial charge in [-0.05, 0) is 31.8 Å². The minimum absolute atomic E-state index is 0.842. The Balaban J connectivity index is 1.74. The van der Waals surface area contributed by atoms with E-state index < -0.39 is 0 Å². The van der Waals surface area contributed by atoms with Crippen molar-refractivity contribution < 1.29 is 0 Å². The van der Waals surface area contributed by atoms with E-state index in [2.05, 4.69) is 15.4 Å². The minimum atomic E-state index is 0.842. The smallest absolute Gasteiger partial charge is 0.137 e. The molecular formula is C8H14N4. The molecule has 2 heterocycles. The average Bonchev–Trinajstić information content (AvgIpc) is 2.74. The number of aryl methyl sites for hydroxylation is 1. The van der Waals surface area contributed by atoms with Crippen molar-refractivity contribution in [2.45, 2.75) is 19.4 Å². The largest absolute Gasteiger partial charge is 0.316 e. The van der Waals surface area contributed by atoms with Crippen molar-refractivity contribution in [1.29, 1.82) is 0 Å². The zero-order valence-corrected chi connectivity index (χ0v) is 7.11. The van der Waals surface area contributed by atoms with Crippen LogP contribution >= 0.6 is 0 Å². The van der Waals surface area contributed by atoms with Crippen molar-refractivity contribution in [1.82, 2.24) is 20.1 Å². The standard InChI is InChI=1S/C8H14N4/c1-3-9-5-8(1)2-4-12-7-10-6-11-12/h6-9H,1-5H2. The number of hydrogen-bond acceptors (Lipinski definition) is 3. The van der Waals surface area contributed by atoms with Gasteiger partial charge in [-0.25, -0.2) is 4.98 Å². The van der Waals surface area contributed by atoms with Crippen molar-refractivity contribution in [3.63, 3.8) is 0 Å². The fraction of sp³-hybridized carbons (Fsp3) is 0.750. The third-order valence-corrected chi connectivity index (χ3v) is 2.40. The number of hydrogen-bond donors (Lipinski definition) is 1. The van der Waals surface area contributed by atoms with Crippen LogP contribution in [0.3, 0.4) is 0 Å². The maximum atomic E-state index is 4.06. The van der Waals surface area contributed by atoms with Crippen LogP contribution in [0, 0.1) is 5.92 Å². The van der Waals surface area contributed by atoms with E-state index in [1.165, 1.54) is 25.9 Å². The van der Waals surface area contributed by atoms with E-state index in [0.717, 1.165) is 12.5 Å². The molecule has 0 bridgehead atoms. The molecule has 4 heteroatoms. The third kappa shape index (κ3) is 1.82. The molecule has 1 aromatic rings. The quantitative estimate of drug-likeness (QED) is 0.701. The van der Waals surface area contributed by atoms with Crippen LogP contribution < -0.4 is 5.32 Å². The SMILES string of the molecule is c1ncn(CCC2CCNC2)n1. The van der Waals surface area contributed by atoms with Gasteiger partial charge in [0.25, 0.3) is 0 Å². The second-order valence-electron chi connectivity index (χ2n) is 3.31. The molecule has 0 saturated carbocycles. The lowest BCUT2D eigenvalue weighted by molar-refractivity contribution is 0.457. The van der Waals surface area contributed by atoms with Crippen LogP contribution in [0.15, 0.2) is 12.7 Å². The molecule has 1 unspecified atom stereocenters. The fourth-order valence-electron chi connectivity index (χ4n) is 1.62. The molecule has 4 nitrogen and oxygen atoms in total. The Bertz CT molecular complexity index is 213. The summed E-state index contributed by atoms with van der Waals surface area (Å²) in [6, 6.07) is 0. The zero-order chi connectivity index (χ0) is 8.23. The highest BCUT2D eigenvalue weighted by molar-refractivity contribution is 4.71. The normalized spacial score (nSPS) is 23.2. The molecule has 0 aliphatic carbocycles. The van der Waals surface area contributed by atoms with Gasteiger partial charge in [-0.3, -0.25) is 4.68 Å². The van der Waals surface area contributed by atoms with Crippen molar-refractivity contribution in [3.05, 3.63) is 12.7 Å². The first-order chi connectivity index (χ1) is 5.95. The highest BCUT2D eigenvalue weighted by Crippen LogP contribution is 2.12. The van der Waals surface area contributed by atoms with Crippen LogP contribution in [0.4, 0.5) is 0 Å². The predicted molar refractivity (Wildman–Crippen MR) is 45.6 cm³/mol. The maximum absolute atomic E-state index is 4.06. The number of rotatable bonds is 3. The Morgan fingerprint density at radius 2 is 2.58 bits per heavy atom. The first kappa shape index (κ1) is 7.73. The van der Waals surface area contributed by atoms with E-state index in [9.17, 15) is 0 Å². The first-order valence-corrected chi connectivity index (χ1v) is 4.48. The van der Waals surface area contributed by atoms with Gasteiger partial charge in [0.05, 0.1) is 0 Å². The van der Waals surface area contributed by atoms with Gasteiger partial charge in [-0.15, -0.1) is 0 Å². The molecule has 1 aromatic heterocycles. The Morgan fingerprint density at radius 3 is 3.25 bits per heavy atom. The Labute approximate surface area is 72.0 Å². The van der Waals surface area contributed by atoms with Crippen LogP contribution in [-0.4, -0.2) is 27.9 Å². The maximum Gasteiger partial charge on any atom is 0.137 e. The first-order valence-electron chi connectivity index (χ1n) is 4.48. The highest BCUT2D eigenvalue weighted by atomic mass is 15.3. The average molecular weight is 166 g/mol. The van der Waals surface area contributed by atoms with Gasteiger partial charge in [-0.1, -0.05) is 0 Å². The van der Waals surface area contributed by atoms with Crippen molar-refractivity contribution in [3.8, 4) is 0 Å². The summed E-state index contributed by atoms with van der Waals surface area (Å²) in [4.78, 5) is 3.90. The van der Waals surface area contributed by atoms with Gasteiger partial charge in [-0.2, -0.15) is 5.10 Å². The van der Waals surface area contributed by atoms with Crippen LogP contribution in [0.25, 0.3) is 0 Å². The molecule has 1 fully saturated rings. The van der Waals surface area contributed by atoms with Crippen LogP contribution in [-0.2, 0) is 6.54 Å². The van der Waals surface area contributed by atoms with Crippen LogP contribution in [0.1, 0.15) is 12.8 Å². The lowest BCUT2D eigenvalue weighted by Gasteiger charge is -2.06. The Hall–Kier alpha value is -0.900. The van der Waals surface area contributed by atoms with E-state index in [0.29, 0.717) is 0 Å². The van der Waals surface area contributed by atoms with Gasteiger partial charge in [0, 0.05) is 6.54 Å². The summed E-state index contributed by atoms with van der Waals surface area (Å²) < 4.78 is 1.90. The molecule has 0 aromatic carbocycles. The van der Waals surface area contributed by atoms with Crippen molar-refractivity contribution in [2.24, 2.45) is 5.92 Å². The number of nitrogens with one attached hydrogen (secondary N) is 1. The van der Waals surface area contributed by atoms with Gasteiger partial charge in [0.2, 0.25) is 0 Å². The predicted octanol–water partition coefficient (Wildman–Crippen LogP) is 0.278. The number of nitrogens with zero attached hydrogens (tertiary/aromatic N) is 3.